The lowest BCUT2D eigenvalue weighted by Crippen LogP contribution is -2.30. The number of methoxy groups -OCH3 is 3. The first-order valence-corrected chi connectivity index (χ1v) is 9.73. The smallest absolute Gasteiger partial charge is 0.225 e. The minimum Gasteiger partial charge on any atom is -0.493 e. The van der Waals surface area contributed by atoms with E-state index in [-0.39, 0.29) is 12.3 Å². The van der Waals surface area contributed by atoms with E-state index in [1.54, 1.807) is 12.1 Å². The number of benzene rings is 2. The molecular formula is C22H26F2N2O4. The van der Waals surface area contributed by atoms with Gasteiger partial charge in [-0.2, -0.15) is 0 Å². The summed E-state index contributed by atoms with van der Waals surface area (Å²) in [6, 6.07) is 7.23. The summed E-state index contributed by atoms with van der Waals surface area (Å²) in [7, 11) is 4.52. The zero-order valence-electron chi connectivity index (χ0n) is 17.3. The van der Waals surface area contributed by atoms with Crippen LogP contribution in [0.5, 0.6) is 17.2 Å². The van der Waals surface area contributed by atoms with E-state index in [1.165, 1.54) is 33.5 Å². The van der Waals surface area contributed by atoms with Crippen molar-refractivity contribution in [2.75, 3.05) is 33.2 Å². The second kappa shape index (κ2) is 9.75. The van der Waals surface area contributed by atoms with Crippen molar-refractivity contribution >= 4 is 11.6 Å². The van der Waals surface area contributed by atoms with Crippen molar-refractivity contribution in [2.45, 2.75) is 31.8 Å². The molecule has 1 N–H and O–H groups in total. The summed E-state index contributed by atoms with van der Waals surface area (Å²) in [6.45, 7) is 0.811. The van der Waals surface area contributed by atoms with Crippen LogP contribution in [0.3, 0.4) is 0 Å². The quantitative estimate of drug-likeness (QED) is 0.630. The molecule has 2 aromatic carbocycles. The molecule has 1 aliphatic carbocycles. The molecule has 1 saturated carbocycles. The van der Waals surface area contributed by atoms with Crippen LogP contribution in [0.25, 0.3) is 0 Å². The Balaban J connectivity index is 1.62. The molecule has 8 heteroatoms. The number of anilines is 1. The third-order valence-electron chi connectivity index (χ3n) is 5.03. The Kier molecular flexibility index (Phi) is 7.10. The molecule has 1 amide bonds. The highest BCUT2D eigenvalue weighted by molar-refractivity contribution is 5.91. The number of carbonyl (C=O) groups excluding carboxylic acids is 1. The molecule has 6 nitrogen and oxygen atoms in total. The lowest BCUT2D eigenvalue weighted by atomic mass is 10.2. The lowest BCUT2D eigenvalue weighted by Gasteiger charge is -2.22. The van der Waals surface area contributed by atoms with Crippen molar-refractivity contribution in [1.29, 1.82) is 0 Å². The van der Waals surface area contributed by atoms with Gasteiger partial charge in [-0.05, 0) is 18.9 Å². The standard InChI is InChI=1S/C22H26F2N2O4/c1-28-19-11-16(12-20(29-2)22(19)30-3)25-21(27)8-9-26(17-6-7-17)13-14-4-5-15(23)10-18(14)24/h4-5,10-12,17H,6-9,13H2,1-3H3,(H,25,27). The Bertz CT molecular complexity index is 878. The van der Waals surface area contributed by atoms with E-state index in [0.29, 0.717) is 47.6 Å². The van der Waals surface area contributed by atoms with Gasteiger partial charge >= 0.3 is 0 Å². The Morgan fingerprint density at radius 3 is 2.27 bits per heavy atom. The minimum absolute atomic E-state index is 0.186. The van der Waals surface area contributed by atoms with Gasteiger partial charge in [-0.25, -0.2) is 8.78 Å². The van der Waals surface area contributed by atoms with Crippen molar-refractivity contribution in [3.8, 4) is 17.2 Å². The van der Waals surface area contributed by atoms with E-state index in [2.05, 4.69) is 10.2 Å². The summed E-state index contributed by atoms with van der Waals surface area (Å²) in [5.74, 6) is -0.0210. The van der Waals surface area contributed by atoms with E-state index >= 15 is 0 Å². The first kappa shape index (κ1) is 21.8. The average molecular weight is 420 g/mol. The largest absolute Gasteiger partial charge is 0.493 e. The van der Waals surface area contributed by atoms with Crippen molar-refractivity contribution in [3.63, 3.8) is 0 Å². The molecule has 30 heavy (non-hydrogen) atoms. The number of carbonyl (C=O) groups is 1. The molecule has 3 rings (SSSR count). The predicted octanol–water partition coefficient (Wildman–Crippen LogP) is 3.98. The fraction of sp³-hybridized carbons (Fsp3) is 0.409. The molecule has 0 atom stereocenters. The topological polar surface area (TPSA) is 60.0 Å². The zero-order chi connectivity index (χ0) is 21.7. The molecule has 0 aromatic heterocycles. The second-order valence-electron chi connectivity index (χ2n) is 7.15. The number of nitrogens with one attached hydrogen (secondary N) is 1. The Morgan fingerprint density at radius 2 is 1.73 bits per heavy atom. The molecular weight excluding hydrogens is 394 g/mol. The summed E-state index contributed by atoms with van der Waals surface area (Å²) in [5, 5.41) is 2.84. The summed E-state index contributed by atoms with van der Waals surface area (Å²) >= 11 is 0. The zero-order valence-corrected chi connectivity index (χ0v) is 17.3. The fourth-order valence-corrected chi connectivity index (χ4v) is 3.32. The van der Waals surface area contributed by atoms with E-state index in [4.69, 9.17) is 14.2 Å². The van der Waals surface area contributed by atoms with Crippen LogP contribution in [0.15, 0.2) is 30.3 Å². The van der Waals surface area contributed by atoms with E-state index in [1.807, 2.05) is 0 Å². The van der Waals surface area contributed by atoms with Gasteiger partial charge in [0.25, 0.3) is 0 Å². The maximum Gasteiger partial charge on any atom is 0.225 e. The van der Waals surface area contributed by atoms with Crippen molar-refractivity contribution in [1.82, 2.24) is 4.90 Å². The summed E-state index contributed by atoms with van der Waals surface area (Å²) in [4.78, 5) is 14.6. The Morgan fingerprint density at radius 1 is 1.07 bits per heavy atom. The first-order valence-electron chi connectivity index (χ1n) is 9.73. The SMILES string of the molecule is COc1cc(NC(=O)CCN(Cc2ccc(F)cc2F)C2CC2)cc(OC)c1OC. The van der Waals surface area contributed by atoms with Crippen LogP contribution in [-0.4, -0.2) is 44.7 Å². The van der Waals surface area contributed by atoms with Crippen LogP contribution in [-0.2, 0) is 11.3 Å². The van der Waals surface area contributed by atoms with E-state index in [9.17, 15) is 13.6 Å². The van der Waals surface area contributed by atoms with Crippen LogP contribution in [0.4, 0.5) is 14.5 Å². The number of hydrogen-bond donors (Lipinski definition) is 1. The average Bonchev–Trinajstić information content (AvgIpc) is 3.57. The maximum atomic E-state index is 14.0. The predicted molar refractivity (Wildman–Crippen MR) is 109 cm³/mol. The van der Waals surface area contributed by atoms with E-state index in [0.717, 1.165) is 18.9 Å². The molecule has 0 bridgehead atoms. The minimum atomic E-state index is -0.598. The number of hydrogen-bond acceptors (Lipinski definition) is 5. The lowest BCUT2D eigenvalue weighted by molar-refractivity contribution is -0.116. The number of ether oxygens (including phenoxy) is 3. The van der Waals surface area contributed by atoms with Gasteiger partial charge in [0.1, 0.15) is 11.6 Å². The molecule has 0 saturated heterocycles. The highest BCUT2D eigenvalue weighted by Gasteiger charge is 2.29. The van der Waals surface area contributed by atoms with Gasteiger partial charge in [0.05, 0.1) is 21.3 Å². The maximum absolute atomic E-state index is 14.0. The first-order chi connectivity index (χ1) is 14.4. The Labute approximate surface area is 174 Å². The molecule has 2 aromatic rings. The number of halogens is 2. The number of rotatable bonds is 10. The normalized spacial score (nSPS) is 13.3. The molecule has 1 fully saturated rings. The molecule has 0 aliphatic heterocycles. The molecule has 0 unspecified atom stereocenters. The molecule has 162 valence electrons. The fourth-order valence-electron chi connectivity index (χ4n) is 3.32. The van der Waals surface area contributed by atoms with Crippen LogP contribution < -0.4 is 19.5 Å². The molecule has 0 radical (unpaired) electrons. The second-order valence-corrected chi connectivity index (χ2v) is 7.15. The van der Waals surface area contributed by atoms with Crippen LogP contribution in [0.1, 0.15) is 24.8 Å². The van der Waals surface area contributed by atoms with Gasteiger partial charge in [-0.15, -0.1) is 0 Å². The summed E-state index contributed by atoms with van der Waals surface area (Å²) in [5.41, 5.74) is 0.949. The summed E-state index contributed by atoms with van der Waals surface area (Å²) < 4.78 is 43.0. The van der Waals surface area contributed by atoms with Crippen LogP contribution in [0, 0.1) is 11.6 Å². The summed E-state index contributed by atoms with van der Waals surface area (Å²) in [6.07, 6.45) is 2.25. The number of nitrogens with zero attached hydrogens (tertiary/aromatic N) is 1. The van der Waals surface area contributed by atoms with Crippen molar-refractivity contribution in [2.24, 2.45) is 0 Å². The van der Waals surface area contributed by atoms with Gasteiger partial charge in [0.15, 0.2) is 11.5 Å². The van der Waals surface area contributed by atoms with E-state index < -0.39 is 11.6 Å². The third kappa shape index (κ3) is 5.38. The molecule has 1 aliphatic rings. The van der Waals surface area contributed by atoms with Crippen molar-refractivity contribution in [3.05, 3.63) is 47.5 Å². The highest BCUT2D eigenvalue weighted by atomic mass is 19.1. The van der Waals surface area contributed by atoms with Crippen LogP contribution in [0.2, 0.25) is 0 Å². The van der Waals surface area contributed by atoms with Crippen LogP contribution >= 0.6 is 0 Å². The third-order valence-corrected chi connectivity index (χ3v) is 5.03. The van der Waals surface area contributed by atoms with Gasteiger partial charge in [0.2, 0.25) is 11.7 Å². The van der Waals surface area contributed by atoms with Gasteiger partial charge in [-0.1, -0.05) is 6.07 Å². The van der Waals surface area contributed by atoms with Gasteiger partial charge < -0.3 is 19.5 Å². The number of amides is 1. The van der Waals surface area contributed by atoms with Gasteiger partial charge in [0, 0.05) is 55.0 Å². The molecule has 0 heterocycles. The monoisotopic (exact) mass is 420 g/mol. The highest BCUT2D eigenvalue weighted by Crippen LogP contribution is 2.40. The van der Waals surface area contributed by atoms with Crippen molar-refractivity contribution < 1.29 is 27.8 Å². The Hall–Kier alpha value is -2.87. The van der Waals surface area contributed by atoms with Gasteiger partial charge in [-0.3, -0.25) is 9.69 Å². The molecule has 0 spiro atoms.